The van der Waals surface area contributed by atoms with Crippen LogP contribution in [0.4, 0.5) is 11.4 Å². The smallest absolute Gasteiger partial charge is 0.258 e. The van der Waals surface area contributed by atoms with Gasteiger partial charge in [0.2, 0.25) is 0 Å². The molecule has 0 spiro atoms. The number of nitro benzene ring substituents is 2. The van der Waals surface area contributed by atoms with Gasteiger partial charge in [-0.05, 0) is 38.8 Å². The highest BCUT2D eigenvalue weighted by atomic mass is 16.6. The van der Waals surface area contributed by atoms with Crippen LogP contribution in [0.1, 0.15) is 22.3 Å². The summed E-state index contributed by atoms with van der Waals surface area (Å²) in [5.74, 6) is 0. The van der Waals surface area contributed by atoms with Crippen molar-refractivity contribution < 1.29 is 9.85 Å². The minimum atomic E-state index is -0.359. The van der Waals surface area contributed by atoms with Gasteiger partial charge in [-0.1, -0.05) is 24.3 Å². The van der Waals surface area contributed by atoms with Gasteiger partial charge >= 0.3 is 0 Å². The molecular formula is C16H18N2O4. The molecule has 0 fully saturated rings. The summed E-state index contributed by atoms with van der Waals surface area (Å²) in [5, 5.41) is 20.8. The van der Waals surface area contributed by atoms with Gasteiger partial charge in [-0.15, -0.1) is 0 Å². The molecule has 2 aromatic rings. The molecule has 6 nitrogen and oxygen atoms in total. The summed E-state index contributed by atoms with van der Waals surface area (Å²) in [7, 11) is 0. The van der Waals surface area contributed by atoms with Crippen molar-refractivity contribution in [2.24, 2.45) is 0 Å². The van der Waals surface area contributed by atoms with Crippen molar-refractivity contribution in [2.45, 2.75) is 27.7 Å². The predicted octanol–water partition coefficient (Wildman–Crippen LogP) is 4.42. The number of nitro groups is 2. The second-order valence-corrected chi connectivity index (χ2v) is 4.95. The summed E-state index contributed by atoms with van der Waals surface area (Å²) in [6, 6.07) is 10.1. The summed E-state index contributed by atoms with van der Waals surface area (Å²) < 4.78 is 0. The Hall–Kier alpha value is -2.76. The predicted molar refractivity (Wildman–Crippen MR) is 85.1 cm³/mol. The average Bonchev–Trinajstić information content (AvgIpc) is 2.45. The molecule has 0 aliphatic carbocycles. The molecule has 0 atom stereocenters. The van der Waals surface area contributed by atoms with Crippen LogP contribution in [-0.2, 0) is 0 Å². The maximum Gasteiger partial charge on any atom is 0.272 e. The minimum absolute atomic E-state index is 0.199. The zero-order chi connectivity index (χ0) is 16.9. The SMILES string of the molecule is Cc1cccc([N+](=O)[O-])c1C.Cc1cccc([N+](=O)[O-])c1C. The fourth-order valence-corrected chi connectivity index (χ4v) is 1.87. The van der Waals surface area contributed by atoms with Gasteiger partial charge in [0.15, 0.2) is 0 Å². The zero-order valence-corrected chi connectivity index (χ0v) is 13.0. The molecule has 0 N–H and O–H groups in total. The molecule has 0 radical (unpaired) electrons. The summed E-state index contributed by atoms with van der Waals surface area (Å²) in [4.78, 5) is 20.0. The molecule has 0 aliphatic rings. The Morgan fingerprint density at radius 3 is 1.23 bits per heavy atom. The van der Waals surface area contributed by atoms with Crippen molar-refractivity contribution >= 4 is 11.4 Å². The van der Waals surface area contributed by atoms with Crippen LogP contribution in [0, 0.1) is 47.9 Å². The summed E-state index contributed by atoms with van der Waals surface area (Å²) in [6.45, 7) is 7.24. The van der Waals surface area contributed by atoms with Crippen molar-refractivity contribution in [3.05, 3.63) is 78.9 Å². The quantitative estimate of drug-likeness (QED) is 0.606. The number of benzene rings is 2. The lowest BCUT2D eigenvalue weighted by molar-refractivity contribution is -0.385. The Labute approximate surface area is 128 Å². The summed E-state index contributed by atoms with van der Waals surface area (Å²) in [6.07, 6.45) is 0. The molecule has 0 unspecified atom stereocenters. The second kappa shape index (κ2) is 7.31. The zero-order valence-electron chi connectivity index (χ0n) is 13.0. The molecule has 0 bridgehead atoms. The number of nitrogens with zero attached hydrogens (tertiary/aromatic N) is 2. The Morgan fingerprint density at radius 2 is 1.00 bits per heavy atom. The van der Waals surface area contributed by atoms with Crippen LogP contribution in [0.2, 0.25) is 0 Å². The van der Waals surface area contributed by atoms with E-state index >= 15 is 0 Å². The van der Waals surface area contributed by atoms with E-state index in [0.29, 0.717) is 0 Å². The Bertz CT molecular complexity index is 650. The lowest BCUT2D eigenvalue weighted by atomic mass is 10.1. The van der Waals surface area contributed by atoms with E-state index in [1.807, 2.05) is 26.0 Å². The van der Waals surface area contributed by atoms with Crippen molar-refractivity contribution in [1.29, 1.82) is 0 Å². The number of rotatable bonds is 2. The Morgan fingerprint density at radius 1 is 0.682 bits per heavy atom. The molecule has 2 rings (SSSR count). The first-order valence-electron chi connectivity index (χ1n) is 6.67. The lowest BCUT2D eigenvalue weighted by Crippen LogP contribution is -1.92. The van der Waals surface area contributed by atoms with E-state index in [9.17, 15) is 20.2 Å². The van der Waals surface area contributed by atoms with E-state index in [1.54, 1.807) is 26.0 Å². The summed E-state index contributed by atoms with van der Waals surface area (Å²) >= 11 is 0. The monoisotopic (exact) mass is 302 g/mol. The molecule has 0 heterocycles. The highest BCUT2D eigenvalue weighted by molar-refractivity contribution is 5.44. The van der Waals surface area contributed by atoms with E-state index in [0.717, 1.165) is 22.3 Å². The third-order valence-electron chi connectivity index (χ3n) is 3.55. The van der Waals surface area contributed by atoms with Crippen molar-refractivity contribution in [1.82, 2.24) is 0 Å². The Kier molecular flexibility index (Phi) is 5.74. The van der Waals surface area contributed by atoms with E-state index in [-0.39, 0.29) is 21.2 Å². The maximum absolute atomic E-state index is 10.4. The van der Waals surface area contributed by atoms with Crippen molar-refractivity contribution in [3.63, 3.8) is 0 Å². The molecular weight excluding hydrogens is 284 g/mol. The van der Waals surface area contributed by atoms with Crippen LogP contribution in [0.5, 0.6) is 0 Å². The third-order valence-corrected chi connectivity index (χ3v) is 3.55. The Balaban J connectivity index is 0.000000220. The topological polar surface area (TPSA) is 86.3 Å². The van der Waals surface area contributed by atoms with E-state index in [1.165, 1.54) is 12.1 Å². The molecule has 0 saturated heterocycles. The van der Waals surface area contributed by atoms with Gasteiger partial charge in [-0.2, -0.15) is 0 Å². The second-order valence-electron chi connectivity index (χ2n) is 4.95. The van der Waals surface area contributed by atoms with Gasteiger partial charge in [-0.3, -0.25) is 20.2 Å². The molecule has 0 aromatic heterocycles. The van der Waals surface area contributed by atoms with Gasteiger partial charge in [0.25, 0.3) is 11.4 Å². The normalized spacial score (nSPS) is 9.64. The average molecular weight is 302 g/mol. The van der Waals surface area contributed by atoms with Crippen LogP contribution in [0.15, 0.2) is 36.4 Å². The number of hydrogen-bond donors (Lipinski definition) is 0. The maximum atomic E-state index is 10.4. The largest absolute Gasteiger partial charge is 0.272 e. The van der Waals surface area contributed by atoms with Crippen LogP contribution >= 0.6 is 0 Å². The van der Waals surface area contributed by atoms with Gasteiger partial charge in [0.1, 0.15) is 0 Å². The molecule has 0 aliphatic heterocycles. The van der Waals surface area contributed by atoms with E-state index in [2.05, 4.69) is 0 Å². The van der Waals surface area contributed by atoms with Gasteiger partial charge in [0.05, 0.1) is 9.85 Å². The van der Waals surface area contributed by atoms with Gasteiger partial charge < -0.3 is 0 Å². The first-order valence-corrected chi connectivity index (χ1v) is 6.67. The highest BCUT2D eigenvalue weighted by Crippen LogP contribution is 2.20. The van der Waals surface area contributed by atoms with E-state index < -0.39 is 0 Å². The molecule has 116 valence electrons. The van der Waals surface area contributed by atoms with Crippen molar-refractivity contribution in [3.8, 4) is 0 Å². The van der Waals surface area contributed by atoms with Crippen molar-refractivity contribution in [2.75, 3.05) is 0 Å². The molecule has 0 saturated carbocycles. The third kappa shape index (κ3) is 4.12. The molecule has 22 heavy (non-hydrogen) atoms. The molecule has 6 heteroatoms. The fraction of sp³-hybridized carbons (Fsp3) is 0.250. The van der Waals surface area contributed by atoms with Gasteiger partial charge in [0, 0.05) is 23.3 Å². The number of hydrogen-bond acceptors (Lipinski definition) is 4. The first kappa shape index (κ1) is 17.3. The van der Waals surface area contributed by atoms with Crippen LogP contribution < -0.4 is 0 Å². The summed E-state index contributed by atoms with van der Waals surface area (Å²) in [5.41, 5.74) is 3.81. The first-order chi connectivity index (χ1) is 10.3. The van der Waals surface area contributed by atoms with Gasteiger partial charge in [-0.25, -0.2) is 0 Å². The fourth-order valence-electron chi connectivity index (χ4n) is 1.87. The van der Waals surface area contributed by atoms with Crippen LogP contribution in [0.25, 0.3) is 0 Å². The molecule has 0 amide bonds. The highest BCUT2D eigenvalue weighted by Gasteiger charge is 2.10. The minimum Gasteiger partial charge on any atom is -0.258 e. The standard InChI is InChI=1S/2C8H9NO2/c2*1-6-4-3-5-8(7(6)2)9(10)11/h2*3-5H,1-2H3. The van der Waals surface area contributed by atoms with Crippen LogP contribution in [-0.4, -0.2) is 9.85 Å². The van der Waals surface area contributed by atoms with E-state index in [4.69, 9.17) is 0 Å². The number of aryl methyl sites for hydroxylation is 2. The lowest BCUT2D eigenvalue weighted by Gasteiger charge is -1.98. The molecule has 2 aromatic carbocycles. The van der Waals surface area contributed by atoms with Crippen LogP contribution in [0.3, 0.4) is 0 Å².